The number of rotatable bonds is 4. The normalized spacial score (nSPS) is 11.0. The summed E-state index contributed by atoms with van der Waals surface area (Å²) in [7, 11) is 0. The lowest BCUT2D eigenvalue weighted by Crippen LogP contribution is -2.14. The van der Waals surface area contributed by atoms with Gasteiger partial charge in [-0.05, 0) is 55.0 Å². The van der Waals surface area contributed by atoms with Gasteiger partial charge >= 0.3 is 0 Å². The van der Waals surface area contributed by atoms with Crippen LogP contribution in [0.15, 0.2) is 70.7 Å². The molecule has 1 N–H and O–H groups in total. The van der Waals surface area contributed by atoms with E-state index in [1.165, 1.54) is 18.2 Å². The molecular formula is C21H15FN2O2. The fraction of sp³-hybridized carbons (Fsp3) is 0.0476. The zero-order chi connectivity index (χ0) is 18.5. The molecule has 0 spiro atoms. The molecule has 5 heteroatoms. The van der Waals surface area contributed by atoms with Crippen LogP contribution in [0.2, 0.25) is 0 Å². The number of halogens is 1. The minimum Gasteiger partial charge on any atom is -0.457 e. The third kappa shape index (κ3) is 3.87. The summed E-state index contributed by atoms with van der Waals surface area (Å²) in [5.41, 5.74) is 2.17. The van der Waals surface area contributed by atoms with E-state index in [4.69, 9.17) is 4.42 Å². The van der Waals surface area contributed by atoms with Crippen LogP contribution >= 0.6 is 0 Å². The van der Waals surface area contributed by atoms with Crippen molar-refractivity contribution in [3.63, 3.8) is 0 Å². The van der Waals surface area contributed by atoms with Crippen LogP contribution in [0, 0.1) is 24.1 Å². The summed E-state index contributed by atoms with van der Waals surface area (Å²) in [6.45, 7) is 1.87. The number of hydrogen-bond acceptors (Lipinski definition) is 3. The molecule has 1 aromatic heterocycles. The van der Waals surface area contributed by atoms with Gasteiger partial charge in [-0.25, -0.2) is 4.39 Å². The number of carbonyl (C=O) groups excluding carboxylic acids is 1. The molecule has 0 bridgehead atoms. The Labute approximate surface area is 150 Å². The SMILES string of the molecule is Cc1ccccc1NC(=O)/C(C#N)=C\c1ccc(-c2ccc(F)cc2)o1. The predicted molar refractivity (Wildman–Crippen MR) is 97.5 cm³/mol. The first-order valence-corrected chi connectivity index (χ1v) is 7.91. The largest absolute Gasteiger partial charge is 0.457 e. The van der Waals surface area contributed by atoms with Gasteiger partial charge in [-0.3, -0.25) is 4.79 Å². The van der Waals surface area contributed by atoms with E-state index in [1.807, 2.05) is 25.1 Å². The van der Waals surface area contributed by atoms with Gasteiger partial charge in [0.15, 0.2) is 0 Å². The molecule has 0 radical (unpaired) electrons. The molecule has 0 aliphatic rings. The zero-order valence-corrected chi connectivity index (χ0v) is 14.0. The Hall–Kier alpha value is -3.65. The quantitative estimate of drug-likeness (QED) is 0.537. The molecule has 0 fully saturated rings. The lowest BCUT2D eigenvalue weighted by atomic mass is 10.1. The van der Waals surface area contributed by atoms with Gasteiger partial charge in [0.2, 0.25) is 0 Å². The Morgan fingerprint density at radius 2 is 1.85 bits per heavy atom. The molecular weight excluding hydrogens is 331 g/mol. The number of nitrogens with zero attached hydrogens (tertiary/aromatic N) is 1. The summed E-state index contributed by atoms with van der Waals surface area (Å²) in [6.07, 6.45) is 1.38. The van der Waals surface area contributed by atoms with Crippen LogP contribution in [0.3, 0.4) is 0 Å². The molecule has 4 nitrogen and oxygen atoms in total. The zero-order valence-electron chi connectivity index (χ0n) is 14.0. The Morgan fingerprint density at radius 3 is 2.54 bits per heavy atom. The highest BCUT2D eigenvalue weighted by molar-refractivity contribution is 6.09. The van der Waals surface area contributed by atoms with Crippen LogP contribution in [0.5, 0.6) is 0 Å². The molecule has 2 aromatic carbocycles. The molecule has 1 heterocycles. The standard InChI is InChI=1S/C21H15FN2O2/c1-14-4-2-3-5-19(14)24-21(25)16(13-23)12-18-10-11-20(26-18)15-6-8-17(22)9-7-15/h2-12H,1H3,(H,24,25)/b16-12-. The van der Waals surface area contributed by atoms with Crippen molar-refractivity contribution in [2.75, 3.05) is 5.32 Å². The second kappa shape index (κ2) is 7.49. The maximum absolute atomic E-state index is 13.0. The van der Waals surface area contributed by atoms with Crippen molar-refractivity contribution in [2.24, 2.45) is 0 Å². The number of hydrogen-bond donors (Lipinski definition) is 1. The van der Waals surface area contributed by atoms with Gasteiger partial charge in [-0.2, -0.15) is 5.26 Å². The Balaban J connectivity index is 1.81. The van der Waals surface area contributed by atoms with E-state index < -0.39 is 5.91 Å². The minimum absolute atomic E-state index is 0.0757. The number of aryl methyl sites for hydroxylation is 1. The number of nitriles is 1. The maximum Gasteiger partial charge on any atom is 0.266 e. The number of benzene rings is 2. The monoisotopic (exact) mass is 346 g/mol. The maximum atomic E-state index is 13.0. The van der Waals surface area contributed by atoms with E-state index >= 15 is 0 Å². The molecule has 0 aliphatic heterocycles. The van der Waals surface area contributed by atoms with Crippen LogP contribution in [0.25, 0.3) is 17.4 Å². The van der Waals surface area contributed by atoms with Gasteiger partial charge < -0.3 is 9.73 Å². The number of furan rings is 1. The lowest BCUT2D eigenvalue weighted by molar-refractivity contribution is -0.112. The highest BCUT2D eigenvalue weighted by atomic mass is 19.1. The lowest BCUT2D eigenvalue weighted by Gasteiger charge is -2.06. The van der Waals surface area contributed by atoms with E-state index in [-0.39, 0.29) is 11.4 Å². The summed E-state index contributed by atoms with van der Waals surface area (Å²) >= 11 is 0. The summed E-state index contributed by atoms with van der Waals surface area (Å²) < 4.78 is 18.6. The second-order valence-corrected chi connectivity index (χ2v) is 5.65. The number of carbonyl (C=O) groups is 1. The van der Waals surface area contributed by atoms with Gasteiger partial charge in [-0.1, -0.05) is 18.2 Å². The average Bonchev–Trinajstić information content (AvgIpc) is 3.10. The molecule has 0 aliphatic carbocycles. The van der Waals surface area contributed by atoms with Gasteiger partial charge in [0.1, 0.15) is 29.0 Å². The van der Waals surface area contributed by atoms with Crippen molar-refractivity contribution >= 4 is 17.7 Å². The third-order valence-corrected chi connectivity index (χ3v) is 3.80. The van der Waals surface area contributed by atoms with Gasteiger partial charge in [-0.15, -0.1) is 0 Å². The van der Waals surface area contributed by atoms with Crippen LogP contribution < -0.4 is 5.32 Å². The van der Waals surface area contributed by atoms with Crippen LogP contribution in [0.4, 0.5) is 10.1 Å². The summed E-state index contributed by atoms with van der Waals surface area (Å²) in [5.74, 6) is 0.0373. The Kier molecular flexibility index (Phi) is 4.95. The molecule has 3 rings (SSSR count). The molecule has 26 heavy (non-hydrogen) atoms. The molecule has 0 saturated heterocycles. The van der Waals surface area contributed by atoms with E-state index in [0.29, 0.717) is 22.8 Å². The van der Waals surface area contributed by atoms with Crippen molar-refractivity contribution in [3.8, 4) is 17.4 Å². The third-order valence-electron chi connectivity index (χ3n) is 3.80. The fourth-order valence-corrected chi connectivity index (χ4v) is 2.39. The number of amides is 1. The van der Waals surface area contributed by atoms with E-state index in [1.54, 1.807) is 36.4 Å². The van der Waals surface area contributed by atoms with Crippen molar-refractivity contribution in [1.82, 2.24) is 0 Å². The fourth-order valence-electron chi connectivity index (χ4n) is 2.39. The van der Waals surface area contributed by atoms with Crippen molar-refractivity contribution in [2.45, 2.75) is 6.92 Å². The molecule has 0 atom stereocenters. The van der Waals surface area contributed by atoms with Crippen molar-refractivity contribution in [1.29, 1.82) is 5.26 Å². The van der Waals surface area contributed by atoms with Crippen molar-refractivity contribution in [3.05, 3.63) is 83.4 Å². The summed E-state index contributed by atoms with van der Waals surface area (Å²) in [6, 6.07) is 18.4. The first-order valence-electron chi connectivity index (χ1n) is 7.91. The smallest absolute Gasteiger partial charge is 0.266 e. The Morgan fingerprint density at radius 1 is 1.12 bits per heavy atom. The summed E-state index contributed by atoms with van der Waals surface area (Å²) in [4.78, 5) is 12.3. The minimum atomic E-state index is -0.512. The second-order valence-electron chi connectivity index (χ2n) is 5.65. The first-order chi connectivity index (χ1) is 12.6. The van der Waals surface area contributed by atoms with E-state index in [0.717, 1.165) is 5.56 Å². The predicted octanol–water partition coefficient (Wildman–Crippen LogP) is 4.94. The van der Waals surface area contributed by atoms with Crippen LogP contribution in [0.1, 0.15) is 11.3 Å². The number of nitrogens with one attached hydrogen (secondary N) is 1. The highest BCUT2D eigenvalue weighted by Gasteiger charge is 2.12. The average molecular weight is 346 g/mol. The molecule has 128 valence electrons. The van der Waals surface area contributed by atoms with Crippen LogP contribution in [-0.2, 0) is 4.79 Å². The molecule has 0 saturated carbocycles. The molecule has 0 unspecified atom stereocenters. The molecule has 3 aromatic rings. The molecule has 1 amide bonds. The number of para-hydroxylation sites is 1. The van der Waals surface area contributed by atoms with Gasteiger partial charge in [0, 0.05) is 17.3 Å². The Bertz CT molecular complexity index is 1010. The van der Waals surface area contributed by atoms with E-state index in [2.05, 4.69) is 5.32 Å². The van der Waals surface area contributed by atoms with Gasteiger partial charge in [0.25, 0.3) is 5.91 Å². The topological polar surface area (TPSA) is 66.0 Å². The summed E-state index contributed by atoms with van der Waals surface area (Å²) in [5, 5.41) is 12.0. The first kappa shape index (κ1) is 17.2. The highest BCUT2D eigenvalue weighted by Crippen LogP contribution is 2.24. The van der Waals surface area contributed by atoms with E-state index in [9.17, 15) is 14.4 Å². The van der Waals surface area contributed by atoms with Crippen LogP contribution in [-0.4, -0.2) is 5.91 Å². The van der Waals surface area contributed by atoms with Gasteiger partial charge in [0.05, 0.1) is 0 Å². The number of anilines is 1. The van der Waals surface area contributed by atoms with Crippen molar-refractivity contribution < 1.29 is 13.6 Å².